The lowest BCUT2D eigenvalue weighted by molar-refractivity contribution is 1.31. The number of nitrogens with zero attached hydrogens (tertiary/aromatic N) is 2. The Morgan fingerprint density at radius 2 is 0.585 bits per heavy atom. The molecular weight excluding hydrogens is 645 g/mol. The fraction of sp³-hybridized carbons (Fsp3) is 0.102. The molecule has 8 bridgehead atoms. The van der Waals surface area contributed by atoms with Crippen molar-refractivity contribution in [3.63, 3.8) is 0 Å². The van der Waals surface area contributed by atoms with Crippen LogP contribution in [0.5, 0.6) is 0 Å². The van der Waals surface area contributed by atoms with Crippen LogP contribution in [0.4, 0.5) is 0 Å². The first-order chi connectivity index (χ1) is 26.2. The number of rotatable bonds is 4. The standard InChI is InChI=1S/C45H32N4.2C2H6/c1-29-17-19-33(20-18-29)45-40-27-25-38(48-40)43(31-13-7-3-8-14-31)36-23-21-34(46-36)42(30-11-5-2-6-12-30)35-22-24-37(47-35)44(32-15-9-4-10-16-32)39-26-28-41(45)49-39;2*1-2/h2-28,46,49H,1H3;2*1-2H3. The Balaban J connectivity index is 0.00000105. The predicted molar refractivity (Wildman–Crippen MR) is 228 cm³/mol. The van der Waals surface area contributed by atoms with Crippen molar-refractivity contribution in [3.05, 3.63) is 168 Å². The molecule has 4 heteroatoms. The van der Waals surface area contributed by atoms with E-state index in [1.165, 1.54) is 5.56 Å². The van der Waals surface area contributed by atoms with E-state index in [2.05, 4.69) is 181 Å². The smallest absolute Gasteiger partial charge is 0.0737 e. The zero-order valence-electron chi connectivity index (χ0n) is 31.0. The van der Waals surface area contributed by atoms with Crippen LogP contribution in [0.1, 0.15) is 56.0 Å². The molecule has 0 radical (unpaired) electrons. The molecule has 4 aromatic carbocycles. The molecule has 3 aromatic heterocycles. The molecule has 0 amide bonds. The van der Waals surface area contributed by atoms with Gasteiger partial charge in [-0.2, -0.15) is 0 Å². The quantitative estimate of drug-likeness (QED) is 0.193. The van der Waals surface area contributed by atoms with Crippen LogP contribution < -0.4 is 0 Å². The van der Waals surface area contributed by atoms with Crippen LogP contribution in [0.25, 0.3) is 90.9 Å². The van der Waals surface area contributed by atoms with Crippen LogP contribution in [0, 0.1) is 6.92 Å². The van der Waals surface area contributed by atoms with Crippen molar-refractivity contribution in [2.24, 2.45) is 0 Å². The molecule has 4 nitrogen and oxygen atoms in total. The van der Waals surface area contributed by atoms with E-state index in [-0.39, 0.29) is 0 Å². The summed E-state index contributed by atoms with van der Waals surface area (Å²) in [5.74, 6) is 0. The van der Waals surface area contributed by atoms with Crippen molar-refractivity contribution < 1.29 is 0 Å². The maximum Gasteiger partial charge on any atom is 0.0737 e. The Morgan fingerprint density at radius 3 is 0.868 bits per heavy atom. The molecule has 53 heavy (non-hydrogen) atoms. The number of hydrogen-bond acceptors (Lipinski definition) is 2. The zero-order valence-corrected chi connectivity index (χ0v) is 31.0. The summed E-state index contributed by atoms with van der Waals surface area (Å²) in [6.45, 7) is 10.1. The highest BCUT2D eigenvalue weighted by atomic mass is 14.8. The minimum Gasteiger partial charge on any atom is -0.354 e. The van der Waals surface area contributed by atoms with Crippen molar-refractivity contribution in [1.29, 1.82) is 0 Å². The van der Waals surface area contributed by atoms with Gasteiger partial charge in [-0.05, 0) is 77.7 Å². The number of aromatic nitrogens is 4. The Bertz CT molecular complexity index is 2530. The van der Waals surface area contributed by atoms with Gasteiger partial charge in [-0.25, -0.2) is 9.97 Å². The van der Waals surface area contributed by atoms with E-state index in [0.717, 1.165) is 89.4 Å². The van der Waals surface area contributed by atoms with Gasteiger partial charge in [-0.3, -0.25) is 0 Å². The van der Waals surface area contributed by atoms with Gasteiger partial charge in [0, 0.05) is 44.3 Å². The second-order valence-corrected chi connectivity index (χ2v) is 12.5. The normalized spacial score (nSPS) is 11.3. The lowest BCUT2D eigenvalue weighted by Crippen LogP contribution is -1.89. The average Bonchev–Trinajstić information content (AvgIpc) is 4.07. The molecule has 7 aromatic rings. The van der Waals surface area contributed by atoms with Gasteiger partial charge in [0.25, 0.3) is 0 Å². The van der Waals surface area contributed by atoms with Gasteiger partial charge in [0.05, 0.1) is 22.8 Å². The van der Waals surface area contributed by atoms with Crippen molar-refractivity contribution in [2.45, 2.75) is 34.6 Å². The molecule has 2 aliphatic heterocycles. The maximum absolute atomic E-state index is 5.37. The Labute approximate surface area is 312 Å². The van der Waals surface area contributed by atoms with Crippen LogP contribution in [0.3, 0.4) is 0 Å². The summed E-state index contributed by atoms with van der Waals surface area (Å²) in [6.07, 6.45) is 8.56. The molecule has 2 aliphatic rings. The minimum atomic E-state index is 0.906. The number of aromatic amines is 2. The maximum atomic E-state index is 5.37. The Kier molecular flexibility index (Phi) is 10.4. The average molecular weight is 689 g/mol. The first-order valence-corrected chi connectivity index (χ1v) is 18.6. The molecule has 0 saturated heterocycles. The van der Waals surface area contributed by atoms with Crippen molar-refractivity contribution in [3.8, 4) is 44.5 Å². The third-order valence-electron chi connectivity index (χ3n) is 9.28. The molecule has 0 aliphatic carbocycles. The number of benzene rings is 4. The first kappa shape index (κ1) is 34.9. The summed E-state index contributed by atoms with van der Waals surface area (Å²) >= 11 is 0. The molecular formula is C49H44N4. The summed E-state index contributed by atoms with van der Waals surface area (Å²) < 4.78 is 0. The third-order valence-corrected chi connectivity index (χ3v) is 9.28. The lowest BCUT2D eigenvalue weighted by atomic mass is 10.0. The van der Waals surface area contributed by atoms with Crippen LogP contribution in [0.2, 0.25) is 0 Å². The molecule has 0 fully saturated rings. The van der Waals surface area contributed by atoms with Crippen molar-refractivity contribution >= 4 is 46.4 Å². The summed E-state index contributed by atoms with van der Waals surface area (Å²) in [7, 11) is 0. The molecule has 0 atom stereocenters. The van der Waals surface area contributed by atoms with E-state index in [4.69, 9.17) is 9.97 Å². The molecule has 2 N–H and O–H groups in total. The highest BCUT2D eigenvalue weighted by Crippen LogP contribution is 2.38. The molecule has 0 unspecified atom stereocenters. The van der Waals surface area contributed by atoms with Gasteiger partial charge in [0.15, 0.2) is 0 Å². The highest BCUT2D eigenvalue weighted by molar-refractivity contribution is 5.99. The number of H-pyrrole nitrogens is 2. The highest BCUT2D eigenvalue weighted by Gasteiger charge is 2.18. The minimum absolute atomic E-state index is 0.906. The van der Waals surface area contributed by atoms with Gasteiger partial charge >= 0.3 is 0 Å². The lowest BCUT2D eigenvalue weighted by Gasteiger charge is -2.07. The van der Waals surface area contributed by atoms with Gasteiger partial charge in [-0.1, -0.05) is 149 Å². The van der Waals surface area contributed by atoms with E-state index in [1.807, 2.05) is 27.7 Å². The summed E-state index contributed by atoms with van der Waals surface area (Å²) in [5.41, 5.74) is 17.4. The van der Waals surface area contributed by atoms with Gasteiger partial charge in [-0.15, -0.1) is 0 Å². The molecule has 260 valence electrons. The third kappa shape index (κ3) is 6.92. The van der Waals surface area contributed by atoms with Gasteiger partial charge < -0.3 is 9.97 Å². The fourth-order valence-electron chi connectivity index (χ4n) is 6.95. The topological polar surface area (TPSA) is 57.4 Å². The van der Waals surface area contributed by atoms with Crippen LogP contribution in [-0.2, 0) is 0 Å². The fourth-order valence-corrected chi connectivity index (χ4v) is 6.95. The second kappa shape index (κ2) is 15.8. The Morgan fingerprint density at radius 1 is 0.321 bits per heavy atom. The van der Waals surface area contributed by atoms with Crippen LogP contribution in [0.15, 0.2) is 140 Å². The molecule has 5 heterocycles. The summed E-state index contributed by atoms with van der Waals surface area (Å²) in [6, 6.07) is 48.9. The van der Waals surface area contributed by atoms with E-state index >= 15 is 0 Å². The second-order valence-electron chi connectivity index (χ2n) is 12.5. The monoisotopic (exact) mass is 688 g/mol. The number of nitrogens with one attached hydrogen (secondary N) is 2. The molecule has 0 spiro atoms. The Hall–Kier alpha value is -6.52. The van der Waals surface area contributed by atoms with Crippen molar-refractivity contribution in [2.75, 3.05) is 0 Å². The number of fused-ring (bicyclic) bond motifs is 8. The number of hydrogen-bond donors (Lipinski definition) is 2. The first-order valence-electron chi connectivity index (χ1n) is 18.6. The SMILES string of the molecule is CC.CC.Cc1ccc(-c2c3nc(c(-c4ccccc4)c4ccc([nH]4)c(-c4ccccc4)c4nc(c(-c5ccccc5)c5ccc2[nH]5)C=C4)C=C3)cc1. The largest absolute Gasteiger partial charge is 0.354 e. The van der Waals surface area contributed by atoms with Crippen molar-refractivity contribution in [1.82, 2.24) is 19.9 Å². The summed E-state index contributed by atoms with van der Waals surface area (Å²) in [4.78, 5) is 18.4. The summed E-state index contributed by atoms with van der Waals surface area (Å²) in [5, 5.41) is 0. The van der Waals surface area contributed by atoms with Crippen LogP contribution in [-0.4, -0.2) is 19.9 Å². The van der Waals surface area contributed by atoms with Gasteiger partial charge in [0.1, 0.15) is 0 Å². The zero-order chi connectivity index (χ0) is 36.7. The van der Waals surface area contributed by atoms with E-state index in [1.54, 1.807) is 0 Å². The van der Waals surface area contributed by atoms with Gasteiger partial charge in [0.2, 0.25) is 0 Å². The number of aryl methyl sites for hydroxylation is 1. The van der Waals surface area contributed by atoms with E-state index in [0.29, 0.717) is 0 Å². The molecule has 9 rings (SSSR count). The van der Waals surface area contributed by atoms with E-state index < -0.39 is 0 Å². The van der Waals surface area contributed by atoms with E-state index in [9.17, 15) is 0 Å². The predicted octanol–water partition coefficient (Wildman–Crippen LogP) is 13.7. The van der Waals surface area contributed by atoms with Crippen LogP contribution >= 0.6 is 0 Å². The molecule has 0 saturated carbocycles.